The first-order chi connectivity index (χ1) is 15.2. The van der Waals surface area contributed by atoms with Gasteiger partial charge in [-0.2, -0.15) is 0 Å². The van der Waals surface area contributed by atoms with Crippen molar-refractivity contribution in [2.75, 3.05) is 26.5 Å². The van der Waals surface area contributed by atoms with Crippen molar-refractivity contribution in [1.29, 1.82) is 0 Å². The summed E-state index contributed by atoms with van der Waals surface area (Å²) in [6.45, 7) is 3.64. The molecule has 1 fully saturated rings. The molecule has 2 unspecified atom stereocenters. The first-order valence-electron chi connectivity index (χ1n) is 10.8. The minimum Gasteiger partial charge on any atom is -0.489 e. The molecule has 0 N–H and O–H groups in total. The maximum absolute atomic E-state index is 13.5. The molecule has 4 nitrogen and oxygen atoms in total. The molecule has 2 atom stereocenters. The highest BCUT2D eigenvalue weighted by molar-refractivity contribution is 5.46. The summed E-state index contributed by atoms with van der Waals surface area (Å²) in [4.78, 5) is 2.49. The van der Waals surface area contributed by atoms with Crippen LogP contribution in [0.1, 0.15) is 23.5 Å². The number of likely N-dealkylation sites (tertiary alicyclic amines) is 1. The number of benzene rings is 3. The van der Waals surface area contributed by atoms with Crippen LogP contribution >= 0.6 is 0 Å². The highest BCUT2D eigenvalue weighted by atomic mass is 19.1. The van der Waals surface area contributed by atoms with E-state index in [2.05, 4.69) is 29.2 Å². The zero-order valence-electron chi connectivity index (χ0n) is 17.4. The molecule has 3 aromatic carbocycles. The molecule has 2 aliphatic heterocycles. The second-order valence-electron chi connectivity index (χ2n) is 8.25. The molecular weight excluding hydrogens is 393 g/mol. The zero-order chi connectivity index (χ0) is 21.0. The van der Waals surface area contributed by atoms with Gasteiger partial charge in [0.1, 0.15) is 11.6 Å². The lowest BCUT2D eigenvalue weighted by atomic mass is 9.80. The Hall–Kier alpha value is -3.05. The van der Waals surface area contributed by atoms with Crippen LogP contribution in [0.25, 0.3) is 0 Å². The molecule has 2 aliphatic rings. The Kier molecular flexibility index (Phi) is 5.76. The smallest absolute Gasteiger partial charge is 0.231 e. The Morgan fingerprint density at radius 1 is 0.968 bits per heavy atom. The van der Waals surface area contributed by atoms with Crippen LogP contribution in [-0.2, 0) is 6.54 Å². The van der Waals surface area contributed by atoms with Gasteiger partial charge in [0.25, 0.3) is 0 Å². The molecule has 0 amide bonds. The Labute approximate surface area is 182 Å². The largest absolute Gasteiger partial charge is 0.489 e. The number of hydrogen-bond donors (Lipinski definition) is 0. The van der Waals surface area contributed by atoms with E-state index in [0.717, 1.165) is 43.3 Å². The van der Waals surface area contributed by atoms with Crippen LogP contribution in [0.3, 0.4) is 0 Å². The summed E-state index contributed by atoms with van der Waals surface area (Å²) in [6, 6.07) is 23.2. The van der Waals surface area contributed by atoms with Gasteiger partial charge in [-0.05, 0) is 54.3 Å². The molecule has 1 saturated heterocycles. The van der Waals surface area contributed by atoms with Crippen molar-refractivity contribution in [3.05, 3.63) is 89.7 Å². The lowest BCUT2D eigenvalue weighted by molar-refractivity contribution is 0.0872. The average Bonchev–Trinajstić information content (AvgIpc) is 2.80. The molecule has 2 bridgehead atoms. The molecule has 5 heteroatoms. The molecule has 31 heavy (non-hydrogen) atoms. The van der Waals surface area contributed by atoms with Gasteiger partial charge in [0.2, 0.25) is 6.79 Å². The van der Waals surface area contributed by atoms with Gasteiger partial charge in [-0.1, -0.05) is 42.5 Å². The summed E-state index contributed by atoms with van der Waals surface area (Å²) in [5.74, 6) is 2.67. The van der Waals surface area contributed by atoms with Gasteiger partial charge in [-0.3, -0.25) is 4.90 Å². The molecule has 5 rings (SSSR count). The van der Waals surface area contributed by atoms with Crippen LogP contribution in [0.15, 0.2) is 72.8 Å². The number of rotatable bonds is 6. The van der Waals surface area contributed by atoms with Crippen LogP contribution in [0, 0.1) is 11.7 Å². The summed E-state index contributed by atoms with van der Waals surface area (Å²) >= 11 is 0. The van der Waals surface area contributed by atoms with Crippen molar-refractivity contribution < 1.29 is 18.6 Å². The molecule has 0 aliphatic carbocycles. The number of fused-ring (bicyclic) bond motifs is 2. The van der Waals surface area contributed by atoms with Crippen molar-refractivity contribution in [2.45, 2.75) is 18.9 Å². The number of piperidine rings is 1. The van der Waals surface area contributed by atoms with E-state index in [4.69, 9.17) is 14.2 Å². The summed E-state index contributed by atoms with van der Waals surface area (Å²) < 4.78 is 30.7. The summed E-state index contributed by atoms with van der Waals surface area (Å²) in [5, 5.41) is 0. The van der Waals surface area contributed by atoms with E-state index >= 15 is 0 Å². The van der Waals surface area contributed by atoms with Gasteiger partial charge in [-0.25, -0.2) is 4.39 Å². The van der Waals surface area contributed by atoms with Crippen LogP contribution in [0.4, 0.5) is 4.39 Å². The highest BCUT2D eigenvalue weighted by Crippen LogP contribution is 2.37. The van der Waals surface area contributed by atoms with E-state index in [1.807, 2.05) is 36.4 Å². The van der Waals surface area contributed by atoms with E-state index in [0.29, 0.717) is 12.5 Å². The molecule has 0 spiro atoms. The molecule has 160 valence electrons. The van der Waals surface area contributed by atoms with Crippen LogP contribution in [0.2, 0.25) is 0 Å². The topological polar surface area (TPSA) is 30.9 Å². The van der Waals surface area contributed by atoms with Gasteiger partial charge in [0, 0.05) is 25.1 Å². The normalized spacial score (nSPS) is 20.5. The van der Waals surface area contributed by atoms with E-state index in [9.17, 15) is 4.39 Å². The number of nitrogens with zero attached hydrogens (tertiary/aromatic N) is 1. The average molecular weight is 419 g/mol. The van der Waals surface area contributed by atoms with Crippen molar-refractivity contribution >= 4 is 0 Å². The highest BCUT2D eigenvalue weighted by Gasteiger charge is 2.31. The van der Waals surface area contributed by atoms with Crippen LogP contribution in [-0.4, -0.2) is 31.4 Å². The first kappa shape index (κ1) is 19.9. The predicted octanol–water partition coefficient (Wildman–Crippen LogP) is 5.24. The van der Waals surface area contributed by atoms with E-state index in [1.54, 1.807) is 12.1 Å². The first-order valence-corrected chi connectivity index (χ1v) is 10.8. The molecule has 0 aromatic heterocycles. The fraction of sp³-hybridized carbons (Fsp3) is 0.308. The summed E-state index contributed by atoms with van der Waals surface area (Å²) in [5.41, 5.74) is 2.49. The fourth-order valence-electron chi connectivity index (χ4n) is 4.58. The van der Waals surface area contributed by atoms with Gasteiger partial charge in [0.05, 0.1) is 6.61 Å². The second kappa shape index (κ2) is 8.98. The van der Waals surface area contributed by atoms with Crippen LogP contribution in [0.5, 0.6) is 17.2 Å². The third kappa shape index (κ3) is 4.67. The molecule has 0 saturated carbocycles. The van der Waals surface area contributed by atoms with Gasteiger partial charge in [-0.15, -0.1) is 0 Å². The number of halogens is 1. The Morgan fingerprint density at radius 3 is 2.65 bits per heavy atom. The van der Waals surface area contributed by atoms with Crippen molar-refractivity contribution in [2.24, 2.45) is 5.92 Å². The minimum absolute atomic E-state index is 0.198. The maximum atomic E-state index is 13.5. The second-order valence-corrected chi connectivity index (χ2v) is 8.25. The van der Waals surface area contributed by atoms with Crippen molar-refractivity contribution in [3.8, 4) is 17.2 Å². The lowest BCUT2D eigenvalue weighted by Crippen LogP contribution is -2.41. The third-order valence-electron chi connectivity index (χ3n) is 6.17. The zero-order valence-corrected chi connectivity index (χ0v) is 17.4. The van der Waals surface area contributed by atoms with Gasteiger partial charge in [0.15, 0.2) is 11.5 Å². The maximum Gasteiger partial charge on any atom is 0.231 e. The Balaban J connectivity index is 1.33. The lowest BCUT2D eigenvalue weighted by Gasteiger charge is -2.39. The number of hydrogen-bond acceptors (Lipinski definition) is 4. The van der Waals surface area contributed by atoms with Gasteiger partial charge >= 0.3 is 0 Å². The molecule has 3 aromatic rings. The standard InChI is InChI=1S/C26H26FNO3/c27-22-8-6-20(7-9-22)24-12-13-28(15-19-4-2-1-3-5-19)16-21(24)17-29-25-11-10-23-14-26(25)31-18-30-23/h1-11,14,21,24H,12-13,15-18H2. The summed E-state index contributed by atoms with van der Waals surface area (Å²) in [7, 11) is 0. The quantitative estimate of drug-likeness (QED) is 0.547. The van der Waals surface area contributed by atoms with E-state index in [-0.39, 0.29) is 18.5 Å². The van der Waals surface area contributed by atoms with E-state index < -0.39 is 0 Å². The van der Waals surface area contributed by atoms with Crippen LogP contribution < -0.4 is 14.2 Å². The number of ether oxygens (including phenoxy) is 3. The fourth-order valence-corrected chi connectivity index (χ4v) is 4.58. The van der Waals surface area contributed by atoms with Crippen molar-refractivity contribution in [3.63, 3.8) is 0 Å². The Bertz CT molecular complexity index is 1010. The molecule has 0 radical (unpaired) electrons. The summed E-state index contributed by atoms with van der Waals surface area (Å²) in [6.07, 6.45) is 1.02. The predicted molar refractivity (Wildman–Crippen MR) is 117 cm³/mol. The SMILES string of the molecule is Fc1ccc(C2CCN(Cc3ccccc3)CC2COc2ccc3cc2OCO3)cc1. The monoisotopic (exact) mass is 419 g/mol. The Morgan fingerprint density at radius 2 is 1.81 bits per heavy atom. The molecule has 2 heterocycles. The third-order valence-corrected chi connectivity index (χ3v) is 6.17. The minimum atomic E-state index is -0.198. The van der Waals surface area contributed by atoms with E-state index in [1.165, 1.54) is 11.1 Å². The van der Waals surface area contributed by atoms with Crippen molar-refractivity contribution in [1.82, 2.24) is 4.90 Å². The van der Waals surface area contributed by atoms with Gasteiger partial charge < -0.3 is 14.2 Å². The molecular formula is C26H26FNO3.